The molecule has 0 amide bonds. The fourth-order valence-electron chi connectivity index (χ4n) is 1.21. The Labute approximate surface area is 89.6 Å². The van der Waals surface area contributed by atoms with Gasteiger partial charge in [-0.1, -0.05) is 0 Å². The molecule has 6 heteroatoms. The lowest BCUT2D eigenvalue weighted by atomic mass is 10.3. The highest BCUT2D eigenvalue weighted by Crippen LogP contribution is 1.92. The summed E-state index contributed by atoms with van der Waals surface area (Å²) in [5.74, 6) is 0.905. The summed E-state index contributed by atoms with van der Waals surface area (Å²) in [6.45, 7) is 2.00. The zero-order valence-electron chi connectivity index (χ0n) is 9.43. The van der Waals surface area contributed by atoms with E-state index in [4.69, 9.17) is 9.47 Å². The van der Waals surface area contributed by atoms with Crippen LogP contribution in [0, 0.1) is 0 Å². The molecule has 0 fully saturated rings. The molecule has 0 aliphatic rings. The molecule has 1 aromatic rings. The number of aryl methyl sites for hydroxylation is 1. The first-order chi connectivity index (χ1) is 7.27. The zero-order chi connectivity index (χ0) is 11.1. The highest BCUT2D eigenvalue weighted by Gasteiger charge is 2.06. The summed E-state index contributed by atoms with van der Waals surface area (Å²) in [7, 11) is 5.25. The van der Waals surface area contributed by atoms with Crippen molar-refractivity contribution >= 4 is 0 Å². The molecule has 1 unspecified atom stereocenters. The lowest BCUT2D eigenvalue weighted by Crippen LogP contribution is -2.32. The minimum Gasteiger partial charge on any atom is -0.382 e. The third-order valence-electron chi connectivity index (χ3n) is 2.15. The van der Waals surface area contributed by atoms with E-state index < -0.39 is 0 Å². The number of nitrogens with zero attached hydrogens (tertiary/aromatic N) is 3. The molecule has 0 aliphatic heterocycles. The molecule has 0 aromatic carbocycles. The Kier molecular flexibility index (Phi) is 5.23. The van der Waals surface area contributed by atoms with E-state index in [1.807, 2.05) is 11.6 Å². The van der Waals surface area contributed by atoms with Crippen molar-refractivity contribution < 1.29 is 9.47 Å². The van der Waals surface area contributed by atoms with E-state index in [1.54, 1.807) is 20.5 Å². The molecule has 0 aliphatic carbocycles. The Bertz CT molecular complexity index is 277. The van der Waals surface area contributed by atoms with Crippen LogP contribution in [0.5, 0.6) is 0 Å². The van der Waals surface area contributed by atoms with Gasteiger partial charge in [0.15, 0.2) is 0 Å². The second-order valence-corrected chi connectivity index (χ2v) is 3.30. The Balaban J connectivity index is 2.23. The molecule has 1 aromatic heterocycles. The van der Waals surface area contributed by atoms with Crippen molar-refractivity contribution in [2.45, 2.75) is 12.6 Å². The van der Waals surface area contributed by atoms with Gasteiger partial charge in [-0.2, -0.15) is 0 Å². The first-order valence-corrected chi connectivity index (χ1v) is 4.83. The van der Waals surface area contributed by atoms with Crippen molar-refractivity contribution in [2.24, 2.45) is 7.05 Å². The summed E-state index contributed by atoms with van der Waals surface area (Å²) in [5.41, 5.74) is 0. The molecule has 86 valence electrons. The van der Waals surface area contributed by atoms with Gasteiger partial charge in [-0.25, -0.2) is 0 Å². The van der Waals surface area contributed by atoms with Crippen LogP contribution in [-0.4, -0.2) is 48.2 Å². The summed E-state index contributed by atoms with van der Waals surface area (Å²) < 4.78 is 12.1. The molecule has 0 saturated carbocycles. The van der Waals surface area contributed by atoms with E-state index in [2.05, 4.69) is 15.5 Å². The van der Waals surface area contributed by atoms with Gasteiger partial charge in [0.1, 0.15) is 12.2 Å². The minimum atomic E-state index is 0.0724. The van der Waals surface area contributed by atoms with Gasteiger partial charge in [0.05, 0.1) is 19.3 Å². The van der Waals surface area contributed by atoms with Crippen molar-refractivity contribution in [3.63, 3.8) is 0 Å². The van der Waals surface area contributed by atoms with Crippen LogP contribution >= 0.6 is 0 Å². The Morgan fingerprint density at radius 2 is 2.33 bits per heavy atom. The average Bonchev–Trinajstić information content (AvgIpc) is 2.63. The van der Waals surface area contributed by atoms with E-state index in [0.29, 0.717) is 13.2 Å². The fraction of sp³-hybridized carbons (Fsp3) is 0.778. The maximum atomic E-state index is 5.21. The molecule has 6 nitrogen and oxygen atoms in total. The summed E-state index contributed by atoms with van der Waals surface area (Å²) in [6, 6.07) is 0. The van der Waals surface area contributed by atoms with Crippen molar-refractivity contribution in [3.05, 3.63) is 12.2 Å². The van der Waals surface area contributed by atoms with Crippen molar-refractivity contribution in [3.8, 4) is 0 Å². The van der Waals surface area contributed by atoms with Gasteiger partial charge in [0.25, 0.3) is 0 Å². The summed E-state index contributed by atoms with van der Waals surface area (Å²) in [4.78, 5) is 0. The standard InChI is InChI=1S/C9H18N4O2/c1-13-7-11-12-9(13)5-10-4-8(15-3)6-14-2/h7-8,10H,4-6H2,1-3H3. The monoisotopic (exact) mass is 214 g/mol. The predicted molar refractivity (Wildman–Crippen MR) is 55.4 cm³/mol. The van der Waals surface area contributed by atoms with Gasteiger partial charge in [0.2, 0.25) is 0 Å². The summed E-state index contributed by atoms with van der Waals surface area (Å²) in [6.07, 6.45) is 1.75. The lowest BCUT2D eigenvalue weighted by Gasteiger charge is -2.14. The first-order valence-electron chi connectivity index (χ1n) is 4.83. The van der Waals surface area contributed by atoms with E-state index in [0.717, 1.165) is 12.4 Å². The number of rotatable bonds is 7. The molecule has 1 N–H and O–H groups in total. The normalized spacial score (nSPS) is 13.0. The van der Waals surface area contributed by atoms with E-state index in [1.165, 1.54) is 0 Å². The number of nitrogens with one attached hydrogen (secondary N) is 1. The molecule has 1 heterocycles. The molecule has 15 heavy (non-hydrogen) atoms. The highest BCUT2D eigenvalue weighted by molar-refractivity contribution is 4.83. The average molecular weight is 214 g/mol. The molecular formula is C9H18N4O2. The fourth-order valence-corrected chi connectivity index (χ4v) is 1.21. The largest absolute Gasteiger partial charge is 0.382 e. The van der Waals surface area contributed by atoms with Crippen LogP contribution in [0.2, 0.25) is 0 Å². The Morgan fingerprint density at radius 3 is 2.87 bits per heavy atom. The van der Waals surface area contributed by atoms with Gasteiger partial charge in [0, 0.05) is 27.8 Å². The van der Waals surface area contributed by atoms with E-state index in [9.17, 15) is 0 Å². The molecule has 0 spiro atoms. The van der Waals surface area contributed by atoms with Crippen LogP contribution in [0.1, 0.15) is 5.82 Å². The maximum absolute atomic E-state index is 5.21. The van der Waals surface area contributed by atoms with Gasteiger partial charge in [-0.3, -0.25) is 0 Å². The van der Waals surface area contributed by atoms with Crippen molar-refractivity contribution in [1.82, 2.24) is 20.1 Å². The van der Waals surface area contributed by atoms with Crippen LogP contribution in [-0.2, 0) is 23.1 Å². The van der Waals surface area contributed by atoms with Crippen molar-refractivity contribution in [2.75, 3.05) is 27.4 Å². The molecule has 0 radical (unpaired) electrons. The number of hydrogen-bond donors (Lipinski definition) is 1. The van der Waals surface area contributed by atoms with Crippen LogP contribution in [0.3, 0.4) is 0 Å². The van der Waals surface area contributed by atoms with Crippen LogP contribution in [0.25, 0.3) is 0 Å². The number of ether oxygens (including phenoxy) is 2. The molecule has 1 atom stereocenters. The van der Waals surface area contributed by atoms with Crippen LogP contribution < -0.4 is 5.32 Å². The second-order valence-electron chi connectivity index (χ2n) is 3.30. The summed E-state index contributed by atoms with van der Waals surface area (Å²) >= 11 is 0. The third-order valence-corrected chi connectivity index (χ3v) is 2.15. The SMILES string of the molecule is COCC(CNCc1nncn1C)OC. The number of aromatic nitrogens is 3. The number of hydrogen-bond acceptors (Lipinski definition) is 5. The van der Waals surface area contributed by atoms with Gasteiger partial charge in [-0.05, 0) is 0 Å². The predicted octanol–water partition coefficient (Wildman–Crippen LogP) is -0.434. The Morgan fingerprint density at radius 1 is 1.53 bits per heavy atom. The molecule has 0 bridgehead atoms. The quantitative estimate of drug-likeness (QED) is 0.667. The molecule has 0 saturated heterocycles. The van der Waals surface area contributed by atoms with Gasteiger partial charge in [-0.15, -0.1) is 10.2 Å². The van der Waals surface area contributed by atoms with Crippen LogP contribution in [0.15, 0.2) is 6.33 Å². The van der Waals surface area contributed by atoms with Crippen LogP contribution in [0.4, 0.5) is 0 Å². The first kappa shape index (κ1) is 12.1. The summed E-state index contributed by atoms with van der Waals surface area (Å²) in [5, 5.41) is 11.0. The van der Waals surface area contributed by atoms with E-state index >= 15 is 0 Å². The topological polar surface area (TPSA) is 61.2 Å². The van der Waals surface area contributed by atoms with Gasteiger partial charge < -0.3 is 19.4 Å². The number of methoxy groups -OCH3 is 2. The maximum Gasteiger partial charge on any atom is 0.146 e. The van der Waals surface area contributed by atoms with Crippen molar-refractivity contribution in [1.29, 1.82) is 0 Å². The smallest absolute Gasteiger partial charge is 0.146 e. The molecular weight excluding hydrogens is 196 g/mol. The lowest BCUT2D eigenvalue weighted by molar-refractivity contribution is 0.0286. The second kappa shape index (κ2) is 6.49. The van der Waals surface area contributed by atoms with Gasteiger partial charge >= 0.3 is 0 Å². The van der Waals surface area contributed by atoms with E-state index in [-0.39, 0.29) is 6.10 Å². The molecule has 1 rings (SSSR count). The zero-order valence-corrected chi connectivity index (χ0v) is 9.43. The third kappa shape index (κ3) is 3.94. The Hall–Kier alpha value is -0.980. The highest BCUT2D eigenvalue weighted by atomic mass is 16.5. The minimum absolute atomic E-state index is 0.0724.